The molecule has 4 nitrogen and oxygen atoms in total. The van der Waals surface area contributed by atoms with Crippen molar-refractivity contribution in [2.45, 2.75) is 63.4 Å². The van der Waals surface area contributed by atoms with E-state index in [2.05, 4.69) is 0 Å². The molecule has 1 saturated carbocycles. The molecule has 0 N–H and O–H groups in total. The predicted molar refractivity (Wildman–Crippen MR) is 135 cm³/mol. The van der Waals surface area contributed by atoms with E-state index in [4.69, 9.17) is 32.9 Å². The van der Waals surface area contributed by atoms with Gasteiger partial charge < -0.3 is 4.74 Å². The number of benzene rings is 2. The fraction of sp³-hybridized carbons (Fsp3) is 0.393. The van der Waals surface area contributed by atoms with Crippen molar-refractivity contribution in [3.63, 3.8) is 0 Å². The maximum atomic E-state index is 13.6. The van der Waals surface area contributed by atoms with Crippen molar-refractivity contribution in [2.24, 2.45) is 10.9 Å². The number of carbonyl (C=O) groups is 2. The van der Waals surface area contributed by atoms with E-state index in [-0.39, 0.29) is 23.8 Å². The average molecular weight is 496 g/mol. The van der Waals surface area contributed by atoms with Gasteiger partial charge >= 0.3 is 5.97 Å². The number of ether oxygens (including phenoxy) is 1. The third kappa shape index (κ3) is 4.58. The first-order valence-electron chi connectivity index (χ1n) is 11.9. The van der Waals surface area contributed by atoms with Crippen LogP contribution >= 0.6 is 23.2 Å². The van der Waals surface area contributed by atoms with Gasteiger partial charge in [-0.05, 0) is 80.3 Å². The van der Waals surface area contributed by atoms with Crippen LogP contribution in [0.4, 0.5) is 0 Å². The third-order valence-corrected chi connectivity index (χ3v) is 7.80. The molecular weight excluding hydrogens is 469 g/mol. The van der Waals surface area contributed by atoms with Crippen molar-refractivity contribution in [3.05, 3.63) is 81.0 Å². The summed E-state index contributed by atoms with van der Waals surface area (Å²) in [4.78, 5) is 31.9. The number of hydrogen-bond donors (Lipinski definition) is 0. The van der Waals surface area contributed by atoms with Gasteiger partial charge in [0.1, 0.15) is 12.0 Å². The van der Waals surface area contributed by atoms with Crippen molar-refractivity contribution >= 4 is 40.7 Å². The summed E-state index contributed by atoms with van der Waals surface area (Å²) >= 11 is 12.2. The SMILES string of the molecule is CC1=NC2=C(C(=O)C[C@@H](c3ccc(Cl)cc3)C2)[C@@H](c2ccc(Cl)cc2)C1C(=O)OC1CCCC1. The normalized spacial score (nSPS) is 25.2. The second kappa shape index (κ2) is 9.67. The lowest BCUT2D eigenvalue weighted by molar-refractivity contribution is -0.151. The van der Waals surface area contributed by atoms with E-state index in [1.807, 2.05) is 43.3 Å². The molecule has 0 spiro atoms. The number of hydrogen-bond acceptors (Lipinski definition) is 4. The molecule has 2 aromatic carbocycles. The summed E-state index contributed by atoms with van der Waals surface area (Å²) in [5.41, 5.74) is 4.08. The van der Waals surface area contributed by atoms with Crippen molar-refractivity contribution in [2.75, 3.05) is 0 Å². The van der Waals surface area contributed by atoms with Gasteiger partial charge in [-0.3, -0.25) is 14.6 Å². The molecule has 3 atom stereocenters. The second-order valence-corrected chi connectivity index (χ2v) is 10.4. The first kappa shape index (κ1) is 23.3. The zero-order valence-corrected chi connectivity index (χ0v) is 20.6. The number of carbonyl (C=O) groups excluding carboxylic acids is 2. The van der Waals surface area contributed by atoms with Crippen LogP contribution in [0.5, 0.6) is 0 Å². The molecule has 2 aliphatic carbocycles. The van der Waals surface area contributed by atoms with Gasteiger partial charge in [0.15, 0.2) is 5.78 Å². The lowest BCUT2D eigenvalue weighted by Crippen LogP contribution is -2.39. The maximum absolute atomic E-state index is 13.6. The lowest BCUT2D eigenvalue weighted by Gasteiger charge is -2.37. The Morgan fingerprint density at radius 2 is 1.50 bits per heavy atom. The van der Waals surface area contributed by atoms with Crippen LogP contribution in [0.15, 0.2) is 64.8 Å². The van der Waals surface area contributed by atoms with E-state index in [0.717, 1.165) is 42.5 Å². The Morgan fingerprint density at radius 1 is 0.912 bits per heavy atom. The van der Waals surface area contributed by atoms with E-state index in [9.17, 15) is 9.59 Å². The summed E-state index contributed by atoms with van der Waals surface area (Å²) in [5, 5.41) is 1.28. The van der Waals surface area contributed by atoms with Gasteiger partial charge in [0.2, 0.25) is 0 Å². The van der Waals surface area contributed by atoms with E-state index in [1.165, 1.54) is 0 Å². The second-order valence-electron chi connectivity index (χ2n) is 9.54. The molecule has 0 bridgehead atoms. The molecule has 5 rings (SSSR count). The molecule has 6 heteroatoms. The van der Waals surface area contributed by atoms with Crippen LogP contribution in [-0.4, -0.2) is 23.6 Å². The van der Waals surface area contributed by atoms with Gasteiger partial charge in [-0.2, -0.15) is 0 Å². The van der Waals surface area contributed by atoms with Gasteiger partial charge in [-0.15, -0.1) is 0 Å². The topological polar surface area (TPSA) is 55.7 Å². The highest BCUT2D eigenvalue weighted by Gasteiger charge is 2.45. The molecule has 2 aromatic rings. The van der Waals surface area contributed by atoms with Crippen LogP contribution in [0.3, 0.4) is 0 Å². The molecule has 1 unspecified atom stereocenters. The largest absolute Gasteiger partial charge is 0.462 e. The highest BCUT2D eigenvalue weighted by Crippen LogP contribution is 2.47. The summed E-state index contributed by atoms with van der Waals surface area (Å²) in [6.07, 6.45) is 4.94. The summed E-state index contributed by atoms with van der Waals surface area (Å²) in [5.74, 6) is -1.25. The first-order valence-corrected chi connectivity index (χ1v) is 12.7. The number of rotatable bonds is 4. The Hall–Kier alpha value is -2.43. The summed E-state index contributed by atoms with van der Waals surface area (Å²) in [7, 11) is 0. The Balaban J connectivity index is 1.53. The summed E-state index contributed by atoms with van der Waals surface area (Å²) in [6, 6.07) is 15.1. The van der Waals surface area contributed by atoms with E-state index >= 15 is 0 Å². The summed E-state index contributed by atoms with van der Waals surface area (Å²) in [6.45, 7) is 1.88. The van der Waals surface area contributed by atoms with Crippen LogP contribution in [0, 0.1) is 5.92 Å². The zero-order valence-electron chi connectivity index (χ0n) is 19.1. The van der Waals surface area contributed by atoms with Crippen molar-refractivity contribution < 1.29 is 14.3 Å². The number of aliphatic imine (C=N–C) groups is 1. The van der Waals surface area contributed by atoms with E-state index in [0.29, 0.717) is 34.2 Å². The molecule has 0 aromatic heterocycles. The van der Waals surface area contributed by atoms with Crippen molar-refractivity contribution in [1.82, 2.24) is 0 Å². The molecule has 0 saturated heterocycles. The molecule has 1 aliphatic heterocycles. The Morgan fingerprint density at radius 3 is 2.12 bits per heavy atom. The predicted octanol–water partition coefficient (Wildman–Crippen LogP) is 7.05. The van der Waals surface area contributed by atoms with Gasteiger partial charge in [-0.1, -0.05) is 47.5 Å². The highest BCUT2D eigenvalue weighted by molar-refractivity contribution is 6.30. The highest BCUT2D eigenvalue weighted by atomic mass is 35.5. The van der Waals surface area contributed by atoms with E-state index < -0.39 is 11.8 Å². The molecular formula is C28H27Cl2NO3. The average Bonchev–Trinajstić information content (AvgIpc) is 3.32. The minimum absolute atomic E-state index is 0.0351. The molecule has 3 aliphatic rings. The number of halogens is 2. The molecule has 1 heterocycles. The number of ketones is 1. The first-order chi connectivity index (χ1) is 16.4. The number of esters is 1. The lowest BCUT2D eigenvalue weighted by atomic mass is 9.69. The van der Waals surface area contributed by atoms with E-state index in [1.54, 1.807) is 12.1 Å². The molecule has 1 fully saturated rings. The third-order valence-electron chi connectivity index (χ3n) is 7.30. The van der Waals surface area contributed by atoms with Crippen molar-refractivity contribution in [1.29, 1.82) is 0 Å². The Bertz CT molecular complexity index is 1160. The number of Topliss-reactive ketones (excluding diaryl/α,β-unsaturated/α-hetero) is 1. The molecule has 0 radical (unpaired) electrons. The zero-order chi connectivity index (χ0) is 23.8. The Kier molecular flexibility index (Phi) is 6.63. The standard InChI is InChI=1S/C28H27Cl2NO3/c1-16-25(28(33)34-22-4-2-3-5-22)26(18-8-12-21(30)13-9-18)27-23(31-16)14-19(15-24(27)32)17-6-10-20(29)11-7-17/h6-13,19,22,25-26H,2-5,14-15H2,1H3/t19-,25?,26-/m0/s1. The van der Waals surface area contributed by atoms with Gasteiger partial charge in [0.05, 0.1) is 0 Å². The monoisotopic (exact) mass is 495 g/mol. The van der Waals surface area contributed by atoms with Gasteiger partial charge in [0, 0.05) is 39.4 Å². The fourth-order valence-corrected chi connectivity index (χ4v) is 5.86. The van der Waals surface area contributed by atoms with Crippen LogP contribution in [0.25, 0.3) is 0 Å². The fourth-order valence-electron chi connectivity index (χ4n) is 5.61. The molecule has 34 heavy (non-hydrogen) atoms. The van der Waals surface area contributed by atoms with Crippen LogP contribution < -0.4 is 0 Å². The summed E-state index contributed by atoms with van der Waals surface area (Å²) < 4.78 is 5.92. The molecule has 176 valence electrons. The number of nitrogens with zero attached hydrogens (tertiary/aromatic N) is 1. The van der Waals surface area contributed by atoms with Gasteiger partial charge in [-0.25, -0.2) is 0 Å². The number of allylic oxidation sites excluding steroid dienone is 2. The van der Waals surface area contributed by atoms with Crippen LogP contribution in [0.1, 0.15) is 68.4 Å². The molecule has 0 amide bonds. The van der Waals surface area contributed by atoms with Crippen LogP contribution in [0.2, 0.25) is 10.0 Å². The quantitative estimate of drug-likeness (QED) is 0.426. The Labute approximate surface area is 210 Å². The smallest absolute Gasteiger partial charge is 0.315 e. The maximum Gasteiger partial charge on any atom is 0.315 e. The minimum atomic E-state index is -0.614. The van der Waals surface area contributed by atoms with Crippen LogP contribution in [-0.2, 0) is 14.3 Å². The minimum Gasteiger partial charge on any atom is -0.462 e. The van der Waals surface area contributed by atoms with Crippen molar-refractivity contribution in [3.8, 4) is 0 Å². The van der Waals surface area contributed by atoms with Gasteiger partial charge in [0.25, 0.3) is 0 Å².